The van der Waals surface area contributed by atoms with Crippen molar-refractivity contribution < 1.29 is 13.2 Å². The highest BCUT2D eigenvalue weighted by atomic mass is 19.4. The van der Waals surface area contributed by atoms with Crippen molar-refractivity contribution in [1.29, 1.82) is 0 Å². The Morgan fingerprint density at radius 2 is 2.06 bits per heavy atom. The van der Waals surface area contributed by atoms with Crippen LogP contribution in [0.3, 0.4) is 0 Å². The third-order valence-electron chi connectivity index (χ3n) is 2.75. The van der Waals surface area contributed by atoms with Gasteiger partial charge in [0.25, 0.3) is 0 Å². The van der Waals surface area contributed by atoms with Crippen LogP contribution < -0.4 is 5.32 Å². The topological polar surface area (TPSA) is 29.9 Å². The summed E-state index contributed by atoms with van der Waals surface area (Å²) in [5.74, 6) is 0. The molecular weight excluding hydrogens is 231 g/mol. The van der Waals surface area contributed by atoms with Gasteiger partial charge >= 0.3 is 6.18 Å². The summed E-state index contributed by atoms with van der Waals surface area (Å²) in [6.45, 7) is 6.53. The van der Waals surface area contributed by atoms with E-state index in [4.69, 9.17) is 0 Å². The molecule has 1 heterocycles. The molecule has 0 aliphatic heterocycles. The molecule has 6 heteroatoms. The molecule has 1 rings (SSSR count). The van der Waals surface area contributed by atoms with Crippen molar-refractivity contribution in [2.45, 2.75) is 45.5 Å². The molecule has 0 radical (unpaired) electrons. The van der Waals surface area contributed by atoms with Crippen molar-refractivity contribution in [3.8, 4) is 0 Å². The van der Waals surface area contributed by atoms with Gasteiger partial charge in [0.1, 0.15) is 0 Å². The van der Waals surface area contributed by atoms with E-state index < -0.39 is 11.7 Å². The monoisotopic (exact) mass is 249 g/mol. The lowest BCUT2D eigenvalue weighted by Crippen LogP contribution is -2.31. The van der Waals surface area contributed by atoms with Gasteiger partial charge in [-0.1, -0.05) is 6.92 Å². The molecule has 1 aromatic heterocycles. The second kappa shape index (κ2) is 5.53. The first-order valence-corrected chi connectivity index (χ1v) is 5.69. The zero-order chi connectivity index (χ0) is 13.1. The second-order valence-corrected chi connectivity index (χ2v) is 4.27. The van der Waals surface area contributed by atoms with E-state index in [1.807, 2.05) is 13.8 Å². The van der Waals surface area contributed by atoms with Gasteiger partial charge in [-0.05, 0) is 20.3 Å². The molecule has 0 aliphatic carbocycles. The molecule has 0 aliphatic rings. The van der Waals surface area contributed by atoms with Crippen LogP contribution in [0.25, 0.3) is 0 Å². The maximum atomic E-state index is 12.4. The normalized spacial score (nSPS) is 15.9. The van der Waals surface area contributed by atoms with Crippen LogP contribution in [-0.4, -0.2) is 22.4 Å². The highest BCUT2D eigenvalue weighted by Gasteiger charge is 2.32. The van der Waals surface area contributed by atoms with E-state index in [0.29, 0.717) is 12.6 Å². The summed E-state index contributed by atoms with van der Waals surface area (Å²) in [5, 5.41) is 6.98. The van der Waals surface area contributed by atoms with E-state index in [9.17, 15) is 13.2 Å². The van der Waals surface area contributed by atoms with E-state index in [1.165, 1.54) is 4.68 Å². The van der Waals surface area contributed by atoms with E-state index in [1.54, 1.807) is 0 Å². The molecule has 2 atom stereocenters. The largest absolute Gasteiger partial charge is 0.419 e. The molecule has 1 aromatic rings. The number of nitrogens with one attached hydrogen (secondary N) is 1. The Bertz CT molecular complexity index is 346. The lowest BCUT2D eigenvalue weighted by Gasteiger charge is -2.16. The van der Waals surface area contributed by atoms with Gasteiger partial charge in [0, 0.05) is 18.8 Å². The minimum atomic E-state index is -4.32. The van der Waals surface area contributed by atoms with Crippen LogP contribution in [0.1, 0.15) is 38.8 Å². The predicted molar refractivity (Wildman–Crippen MR) is 59.7 cm³/mol. The fourth-order valence-electron chi connectivity index (χ4n) is 1.34. The molecule has 0 bridgehead atoms. The first-order valence-electron chi connectivity index (χ1n) is 5.69. The average Bonchev–Trinajstić information content (AvgIpc) is 2.74. The lowest BCUT2D eigenvalue weighted by molar-refractivity contribution is -0.137. The summed E-state index contributed by atoms with van der Waals surface area (Å²) >= 11 is 0. The first-order chi connectivity index (χ1) is 7.84. The third kappa shape index (κ3) is 4.03. The first kappa shape index (κ1) is 14.0. The number of hydrogen-bond donors (Lipinski definition) is 1. The van der Waals surface area contributed by atoms with Gasteiger partial charge in [0.15, 0.2) is 0 Å². The minimum Gasteiger partial charge on any atom is -0.312 e. The van der Waals surface area contributed by atoms with E-state index in [-0.39, 0.29) is 6.04 Å². The van der Waals surface area contributed by atoms with Crippen molar-refractivity contribution in [2.75, 3.05) is 6.54 Å². The van der Waals surface area contributed by atoms with E-state index in [0.717, 1.165) is 18.8 Å². The number of alkyl halides is 3. The minimum absolute atomic E-state index is 0.0971. The summed E-state index contributed by atoms with van der Waals surface area (Å²) in [5.41, 5.74) is -0.701. The van der Waals surface area contributed by atoms with Crippen molar-refractivity contribution >= 4 is 0 Å². The van der Waals surface area contributed by atoms with Crippen LogP contribution in [0, 0.1) is 0 Å². The molecule has 0 saturated heterocycles. The lowest BCUT2D eigenvalue weighted by atomic mass is 10.2. The van der Waals surface area contributed by atoms with Crippen LogP contribution in [-0.2, 0) is 6.18 Å². The zero-order valence-electron chi connectivity index (χ0n) is 10.3. The van der Waals surface area contributed by atoms with Crippen molar-refractivity contribution in [2.24, 2.45) is 0 Å². The van der Waals surface area contributed by atoms with Crippen molar-refractivity contribution in [3.05, 3.63) is 18.0 Å². The molecule has 3 nitrogen and oxygen atoms in total. The molecular formula is C11H18F3N3. The van der Waals surface area contributed by atoms with Crippen molar-refractivity contribution in [1.82, 2.24) is 15.1 Å². The average molecular weight is 249 g/mol. The molecule has 0 spiro atoms. The van der Waals surface area contributed by atoms with Crippen LogP contribution >= 0.6 is 0 Å². The molecule has 98 valence electrons. The standard InChI is InChI=1S/C11H18F3N3/c1-4-8(2)15-5-9(3)17-7-10(6-16-17)11(12,13)14/h6-9,15H,4-5H2,1-3H3. The van der Waals surface area contributed by atoms with E-state index >= 15 is 0 Å². The van der Waals surface area contributed by atoms with Gasteiger partial charge in [-0.2, -0.15) is 18.3 Å². The molecule has 0 amide bonds. The Balaban J connectivity index is 2.58. The molecule has 0 aromatic carbocycles. The van der Waals surface area contributed by atoms with Crippen molar-refractivity contribution in [3.63, 3.8) is 0 Å². The summed E-state index contributed by atoms with van der Waals surface area (Å²) in [6, 6.07) is 0.259. The molecule has 0 fully saturated rings. The zero-order valence-corrected chi connectivity index (χ0v) is 10.3. The Labute approximate surface area is 99.0 Å². The predicted octanol–water partition coefficient (Wildman–Crippen LogP) is 2.85. The third-order valence-corrected chi connectivity index (χ3v) is 2.75. The van der Waals surface area contributed by atoms with Crippen LogP contribution in [0.15, 0.2) is 12.4 Å². The van der Waals surface area contributed by atoms with Gasteiger partial charge in [-0.15, -0.1) is 0 Å². The quantitative estimate of drug-likeness (QED) is 0.869. The maximum Gasteiger partial charge on any atom is 0.419 e. The van der Waals surface area contributed by atoms with Gasteiger partial charge < -0.3 is 5.32 Å². The molecule has 1 N–H and O–H groups in total. The van der Waals surface area contributed by atoms with Gasteiger partial charge in [-0.25, -0.2) is 0 Å². The van der Waals surface area contributed by atoms with Gasteiger partial charge in [0.2, 0.25) is 0 Å². The number of halogens is 3. The van der Waals surface area contributed by atoms with Crippen LogP contribution in [0.4, 0.5) is 13.2 Å². The number of nitrogens with zero attached hydrogens (tertiary/aromatic N) is 2. The molecule has 17 heavy (non-hydrogen) atoms. The Kier molecular flexibility index (Phi) is 4.56. The van der Waals surface area contributed by atoms with Crippen LogP contribution in [0.2, 0.25) is 0 Å². The Morgan fingerprint density at radius 1 is 1.41 bits per heavy atom. The highest BCUT2D eigenvalue weighted by Crippen LogP contribution is 2.28. The smallest absolute Gasteiger partial charge is 0.312 e. The van der Waals surface area contributed by atoms with Gasteiger partial charge in [0.05, 0.1) is 17.8 Å². The summed E-state index contributed by atoms with van der Waals surface area (Å²) < 4.78 is 38.4. The highest BCUT2D eigenvalue weighted by molar-refractivity contribution is 5.08. The Hall–Kier alpha value is -1.04. The fraction of sp³-hybridized carbons (Fsp3) is 0.727. The maximum absolute atomic E-state index is 12.4. The van der Waals surface area contributed by atoms with Crippen LogP contribution in [0.5, 0.6) is 0 Å². The van der Waals surface area contributed by atoms with Gasteiger partial charge in [-0.3, -0.25) is 4.68 Å². The molecule has 0 saturated carbocycles. The van der Waals surface area contributed by atoms with E-state index in [2.05, 4.69) is 17.3 Å². The SMILES string of the molecule is CCC(C)NCC(C)n1cc(C(F)(F)F)cn1. The Morgan fingerprint density at radius 3 is 2.53 bits per heavy atom. The fourth-order valence-corrected chi connectivity index (χ4v) is 1.34. The number of rotatable bonds is 5. The summed E-state index contributed by atoms with van der Waals surface area (Å²) in [7, 11) is 0. The summed E-state index contributed by atoms with van der Waals surface area (Å²) in [4.78, 5) is 0. The number of aromatic nitrogens is 2. The second-order valence-electron chi connectivity index (χ2n) is 4.27. The molecule has 2 unspecified atom stereocenters. The summed E-state index contributed by atoms with van der Waals surface area (Å²) in [6.07, 6.45) is -1.43. The number of hydrogen-bond acceptors (Lipinski definition) is 2.